The molecule has 0 aliphatic rings. The average Bonchev–Trinajstić information content (AvgIpc) is 2.88. The predicted octanol–water partition coefficient (Wildman–Crippen LogP) is 5.95. The first-order valence-electron chi connectivity index (χ1n) is 11.2. The lowest BCUT2D eigenvalue weighted by atomic mass is 9.95. The summed E-state index contributed by atoms with van der Waals surface area (Å²) in [4.78, 5) is 8.91. The van der Waals surface area contributed by atoms with E-state index in [0.29, 0.717) is 6.54 Å². The molecule has 162 valence electrons. The molecule has 3 aromatic carbocycles. The maximum Gasteiger partial charge on any atom is 0.126 e. The Hall–Kier alpha value is -4.02. The number of hydrogen-bond acceptors (Lipinski definition) is 4. The van der Waals surface area contributed by atoms with Crippen molar-refractivity contribution in [3.8, 4) is 22.3 Å². The standard InChI is InChI=1S/C29H26N4/c30-26(16-21-6-2-1-3-7-21)19-32-29-18-27(23-12-14-31-15-13-23)28(20-33-29)25-11-10-22-8-4-5-9-24(22)17-25/h1-15,17-18,20,26H,16,19,30H2,(H,32,33). The Morgan fingerprint density at radius 3 is 2.30 bits per heavy atom. The normalized spacial score (nSPS) is 11.9. The molecule has 2 aromatic heterocycles. The van der Waals surface area contributed by atoms with Crippen LogP contribution in [0.25, 0.3) is 33.0 Å². The molecule has 0 spiro atoms. The number of benzene rings is 3. The molecule has 5 aromatic rings. The van der Waals surface area contributed by atoms with Crippen molar-refractivity contribution in [2.24, 2.45) is 5.73 Å². The van der Waals surface area contributed by atoms with Crippen molar-refractivity contribution in [1.82, 2.24) is 9.97 Å². The third kappa shape index (κ3) is 4.92. The Bertz CT molecular complexity index is 1350. The van der Waals surface area contributed by atoms with Crippen LogP contribution >= 0.6 is 0 Å². The lowest BCUT2D eigenvalue weighted by Crippen LogP contribution is -2.31. The van der Waals surface area contributed by atoms with E-state index in [9.17, 15) is 0 Å². The molecule has 33 heavy (non-hydrogen) atoms. The molecule has 5 rings (SSSR count). The minimum absolute atomic E-state index is 0.00117. The van der Waals surface area contributed by atoms with Crippen LogP contribution in [0.5, 0.6) is 0 Å². The first-order valence-corrected chi connectivity index (χ1v) is 11.2. The minimum Gasteiger partial charge on any atom is -0.368 e. The molecule has 0 aliphatic heterocycles. The number of pyridine rings is 2. The van der Waals surface area contributed by atoms with E-state index in [4.69, 9.17) is 10.7 Å². The molecule has 1 unspecified atom stereocenters. The number of nitrogens with two attached hydrogens (primary N) is 1. The zero-order chi connectivity index (χ0) is 22.5. The van der Waals surface area contributed by atoms with E-state index in [2.05, 4.69) is 71.0 Å². The van der Waals surface area contributed by atoms with Gasteiger partial charge in [-0.3, -0.25) is 4.98 Å². The van der Waals surface area contributed by atoms with E-state index in [1.807, 2.05) is 48.9 Å². The van der Waals surface area contributed by atoms with Gasteiger partial charge in [0.1, 0.15) is 5.82 Å². The predicted molar refractivity (Wildman–Crippen MR) is 137 cm³/mol. The smallest absolute Gasteiger partial charge is 0.126 e. The molecule has 2 heterocycles. The Labute approximate surface area is 194 Å². The molecule has 0 saturated carbocycles. The summed E-state index contributed by atoms with van der Waals surface area (Å²) in [6, 6.07) is 31.5. The first-order chi connectivity index (χ1) is 16.3. The van der Waals surface area contributed by atoms with E-state index in [1.165, 1.54) is 16.3 Å². The highest BCUT2D eigenvalue weighted by Crippen LogP contribution is 2.34. The van der Waals surface area contributed by atoms with Gasteiger partial charge in [0.2, 0.25) is 0 Å². The van der Waals surface area contributed by atoms with Gasteiger partial charge in [-0.15, -0.1) is 0 Å². The first kappa shape index (κ1) is 20.9. The highest BCUT2D eigenvalue weighted by atomic mass is 15.0. The van der Waals surface area contributed by atoms with Gasteiger partial charge < -0.3 is 11.1 Å². The summed E-state index contributed by atoms with van der Waals surface area (Å²) in [5, 5.41) is 5.87. The van der Waals surface area contributed by atoms with E-state index in [0.717, 1.165) is 34.5 Å². The highest BCUT2D eigenvalue weighted by Gasteiger charge is 2.12. The summed E-state index contributed by atoms with van der Waals surface area (Å²) >= 11 is 0. The van der Waals surface area contributed by atoms with Crippen molar-refractivity contribution < 1.29 is 0 Å². The number of hydrogen-bond donors (Lipinski definition) is 2. The average molecular weight is 431 g/mol. The number of aromatic nitrogens is 2. The Balaban J connectivity index is 1.43. The molecule has 3 N–H and O–H groups in total. The van der Waals surface area contributed by atoms with Gasteiger partial charge in [-0.05, 0) is 63.7 Å². The molecule has 4 heteroatoms. The van der Waals surface area contributed by atoms with Crippen molar-refractivity contribution in [3.05, 3.63) is 115 Å². The molecule has 0 bridgehead atoms. The summed E-state index contributed by atoms with van der Waals surface area (Å²) < 4.78 is 0. The maximum atomic E-state index is 6.38. The van der Waals surface area contributed by atoms with Crippen LogP contribution in [0.1, 0.15) is 5.56 Å². The molecule has 0 radical (unpaired) electrons. The number of nitrogens with zero attached hydrogens (tertiary/aromatic N) is 2. The second-order valence-corrected chi connectivity index (χ2v) is 8.24. The zero-order valence-corrected chi connectivity index (χ0v) is 18.4. The number of fused-ring (bicyclic) bond motifs is 1. The van der Waals surface area contributed by atoms with E-state index >= 15 is 0 Å². The number of anilines is 1. The summed E-state index contributed by atoms with van der Waals surface area (Å²) in [7, 11) is 0. The zero-order valence-electron chi connectivity index (χ0n) is 18.4. The van der Waals surface area contributed by atoms with E-state index in [1.54, 1.807) is 0 Å². The van der Waals surface area contributed by atoms with Crippen LogP contribution in [0.15, 0.2) is 110 Å². The molecule has 0 aliphatic carbocycles. The highest BCUT2D eigenvalue weighted by molar-refractivity contribution is 5.91. The third-order valence-electron chi connectivity index (χ3n) is 5.84. The largest absolute Gasteiger partial charge is 0.368 e. The molecule has 0 amide bonds. The second-order valence-electron chi connectivity index (χ2n) is 8.24. The quantitative estimate of drug-likeness (QED) is 0.335. The molecule has 4 nitrogen and oxygen atoms in total. The third-order valence-corrected chi connectivity index (χ3v) is 5.84. The summed E-state index contributed by atoms with van der Waals surface area (Å²) in [5.74, 6) is 0.815. The van der Waals surface area contributed by atoms with Crippen LogP contribution in [0.2, 0.25) is 0 Å². The molecule has 0 saturated heterocycles. The van der Waals surface area contributed by atoms with Crippen LogP contribution in [0, 0.1) is 0 Å². The van der Waals surface area contributed by atoms with Gasteiger partial charge in [-0.1, -0.05) is 66.7 Å². The summed E-state index contributed by atoms with van der Waals surface area (Å²) in [5.41, 5.74) is 12.1. The van der Waals surface area contributed by atoms with Crippen molar-refractivity contribution >= 4 is 16.6 Å². The van der Waals surface area contributed by atoms with E-state index in [-0.39, 0.29) is 6.04 Å². The molecule has 1 atom stereocenters. The summed E-state index contributed by atoms with van der Waals surface area (Å²) in [6.45, 7) is 0.646. The fraction of sp³-hybridized carbons (Fsp3) is 0.103. The summed E-state index contributed by atoms with van der Waals surface area (Å²) in [6.07, 6.45) is 6.41. The fourth-order valence-electron chi connectivity index (χ4n) is 4.13. The van der Waals surface area contributed by atoms with Gasteiger partial charge in [0.05, 0.1) is 0 Å². The van der Waals surface area contributed by atoms with Gasteiger partial charge in [-0.25, -0.2) is 4.98 Å². The van der Waals surface area contributed by atoms with Crippen molar-refractivity contribution in [2.75, 3.05) is 11.9 Å². The van der Waals surface area contributed by atoms with Crippen LogP contribution < -0.4 is 11.1 Å². The maximum absolute atomic E-state index is 6.38. The lowest BCUT2D eigenvalue weighted by molar-refractivity contribution is 0.698. The fourth-order valence-corrected chi connectivity index (χ4v) is 4.13. The van der Waals surface area contributed by atoms with Crippen molar-refractivity contribution in [2.45, 2.75) is 12.5 Å². The molecular formula is C29H26N4. The van der Waals surface area contributed by atoms with Gasteiger partial charge in [0.25, 0.3) is 0 Å². The van der Waals surface area contributed by atoms with Crippen LogP contribution in [-0.2, 0) is 6.42 Å². The van der Waals surface area contributed by atoms with Crippen LogP contribution in [-0.4, -0.2) is 22.6 Å². The van der Waals surface area contributed by atoms with Gasteiger partial charge in [0, 0.05) is 36.7 Å². The Morgan fingerprint density at radius 2 is 1.48 bits per heavy atom. The van der Waals surface area contributed by atoms with Gasteiger partial charge >= 0.3 is 0 Å². The lowest BCUT2D eigenvalue weighted by Gasteiger charge is -2.16. The van der Waals surface area contributed by atoms with E-state index < -0.39 is 0 Å². The van der Waals surface area contributed by atoms with Crippen LogP contribution in [0.3, 0.4) is 0 Å². The van der Waals surface area contributed by atoms with Gasteiger partial charge in [-0.2, -0.15) is 0 Å². The van der Waals surface area contributed by atoms with Crippen molar-refractivity contribution in [1.29, 1.82) is 0 Å². The van der Waals surface area contributed by atoms with Gasteiger partial charge in [0.15, 0.2) is 0 Å². The topological polar surface area (TPSA) is 63.8 Å². The van der Waals surface area contributed by atoms with Crippen LogP contribution in [0.4, 0.5) is 5.82 Å². The second kappa shape index (κ2) is 9.63. The Kier molecular flexibility index (Phi) is 6.09. The van der Waals surface area contributed by atoms with Crippen molar-refractivity contribution in [3.63, 3.8) is 0 Å². The monoisotopic (exact) mass is 430 g/mol. The number of nitrogens with one attached hydrogen (secondary N) is 1. The SMILES string of the molecule is NC(CNc1cc(-c2ccncc2)c(-c2ccc3ccccc3c2)cn1)Cc1ccccc1. The molecular weight excluding hydrogens is 404 g/mol. The Morgan fingerprint density at radius 1 is 0.727 bits per heavy atom. The number of rotatable bonds is 7. The minimum atomic E-state index is -0.00117. The molecule has 0 fully saturated rings.